The summed E-state index contributed by atoms with van der Waals surface area (Å²) in [5.41, 5.74) is 3.44. The molecule has 0 bridgehead atoms. The van der Waals surface area contributed by atoms with Gasteiger partial charge in [0, 0.05) is 15.9 Å². The van der Waals surface area contributed by atoms with Gasteiger partial charge in [-0.05, 0) is 42.5 Å². The zero-order valence-corrected chi connectivity index (χ0v) is 18.2. The molecular weight excluding hydrogens is 468 g/mol. The number of rotatable bonds is 3. The van der Waals surface area contributed by atoms with Crippen LogP contribution in [0.15, 0.2) is 109 Å². The summed E-state index contributed by atoms with van der Waals surface area (Å²) in [6, 6.07) is 26.5. The van der Waals surface area contributed by atoms with Crippen molar-refractivity contribution in [2.75, 3.05) is 0 Å². The second kappa shape index (κ2) is 7.35. The van der Waals surface area contributed by atoms with Crippen LogP contribution in [-0.4, -0.2) is 9.78 Å². The van der Waals surface area contributed by atoms with E-state index in [0.717, 1.165) is 21.1 Å². The lowest BCUT2D eigenvalue weighted by Gasteiger charge is -2.08. The summed E-state index contributed by atoms with van der Waals surface area (Å²) in [6.45, 7) is 0. The van der Waals surface area contributed by atoms with Crippen molar-refractivity contribution in [2.24, 2.45) is 0 Å². The second-order valence-electron chi connectivity index (χ2n) is 7.42. The first-order chi connectivity index (χ1) is 15.7. The van der Waals surface area contributed by atoms with Gasteiger partial charge in [-0.3, -0.25) is 4.79 Å². The molecule has 0 amide bonds. The highest BCUT2D eigenvalue weighted by molar-refractivity contribution is 9.10. The van der Waals surface area contributed by atoms with Gasteiger partial charge in [0.05, 0.1) is 22.8 Å². The smallest absolute Gasteiger partial charge is 0.193 e. The molecule has 6 aromatic rings. The van der Waals surface area contributed by atoms with Crippen molar-refractivity contribution in [1.82, 2.24) is 9.78 Å². The van der Waals surface area contributed by atoms with Crippen molar-refractivity contribution < 1.29 is 8.83 Å². The lowest BCUT2D eigenvalue weighted by atomic mass is 10.1. The summed E-state index contributed by atoms with van der Waals surface area (Å²) in [6.07, 6.45) is 1.71. The van der Waals surface area contributed by atoms with Crippen molar-refractivity contribution in [1.29, 1.82) is 0 Å². The minimum Gasteiger partial charge on any atom is -0.456 e. The third kappa shape index (κ3) is 3.08. The molecule has 3 aromatic heterocycles. The largest absolute Gasteiger partial charge is 0.456 e. The number of hydrogen-bond acceptors (Lipinski definition) is 4. The normalized spacial score (nSPS) is 11.4. The van der Waals surface area contributed by atoms with E-state index >= 15 is 0 Å². The molecule has 3 heterocycles. The average Bonchev–Trinajstić information content (AvgIpc) is 3.44. The molecule has 0 N–H and O–H groups in total. The Kier molecular flexibility index (Phi) is 4.33. The Labute approximate surface area is 190 Å². The van der Waals surface area contributed by atoms with Gasteiger partial charge >= 0.3 is 0 Å². The summed E-state index contributed by atoms with van der Waals surface area (Å²) in [5.74, 6) is 1.07. The Morgan fingerprint density at radius 1 is 0.781 bits per heavy atom. The highest BCUT2D eigenvalue weighted by atomic mass is 79.9. The van der Waals surface area contributed by atoms with Gasteiger partial charge in [-0.25, -0.2) is 4.68 Å². The van der Waals surface area contributed by atoms with Gasteiger partial charge < -0.3 is 8.83 Å². The lowest BCUT2D eigenvalue weighted by molar-refractivity contribution is 0.613. The van der Waals surface area contributed by atoms with E-state index in [-0.39, 0.29) is 5.43 Å². The topological polar surface area (TPSA) is 61.2 Å². The van der Waals surface area contributed by atoms with Crippen LogP contribution in [0.25, 0.3) is 50.4 Å². The Morgan fingerprint density at radius 2 is 1.56 bits per heavy atom. The van der Waals surface area contributed by atoms with Gasteiger partial charge in [-0.15, -0.1) is 0 Å². The van der Waals surface area contributed by atoms with E-state index in [1.165, 1.54) is 6.07 Å². The minimum atomic E-state index is -0.120. The molecular formula is C26H15BrN2O3. The maximum absolute atomic E-state index is 12.9. The molecule has 0 aliphatic rings. The molecule has 0 unspecified atom stereocenters. The maximum atomic E-state index is 12.9. The molecule has 0 saturated carbocycles. The summed E-state index contributed by atoms with van der Waals surface area (Å²) in [5, 5.41) is 6.12. The maximum Gasteiger partial charge on any atom is 0.193 e. The highest BCUT2D eigenvalue weighted by Gasteiger charge is 2.22. The number of aromatic nitrogens is 2. The Balaban J connectivity index is 1.64. The second-order valence-corrected chi connectivity index (χ2v) is 8.33. The van der Waals surface area contributed by atoms with Crippen molar-refractivity contribution in [3.63, 3.8) is 0 Å². The van der Waals surface area contributed by atoms with E-state index in [4.69, 9.17) is 8.83 Å². The molecule has 0 radical (unpaired) electrons. The van der Waals surface area contributed by atoms with E-state index in [1.807, 2.05) is 66.7 Å². The quantitative estimate of drug-likeness (QED) is 0.277. The fourth-order valence-corrected chi connectivity index (χ4v) is 4.25. The summed E-state index contributed by atoms with van der Waals surface area (Å²) in [4.78, 5) is 12.9. The number of para-hydroxylation sites is 2. The SMILES string of the molecule is O=c1cc(-c2cnn(-c3ccccc3)c2-c2cc3ccccc3o2)oc2ccc(Br)cc12. The van der Waals surface area contributed by atoms with Crippen molar-refractivity contribution in [3.8, 4) is 28.5 Å². The molecule has 0 fully saturated rings. The van der Waals surface area contributed by atoms with Crippen LogP contribution in [0.1, 0.15) is 0 Å². The summed E-state index contributed by atoms with van der Waals surface area (Å²) >= 11 is 3.41. The first-order valence-corrected chi connectivity index (χ1v) is 10.8. The predicted octanol–water partition coefficient (Wildman–Crippen LogP) is 6.82. The zero-order chi connectivity index (χ0) is 21.7. The monoisotopic (exact) mass is 482 g/mol. The lowest BCUT2D eigenvalue weighted by Crippen LogP contribution is -2.01. The molecule has 0 aliphatic carbocycles. The highest BCUT2D eigenvalue weighted by Crippen LogP contribution is 2.37. The van der Waals surface area contributed by atoms with Gasteiger partial charge in [0.25, 0.3) is 0 Å². The first kappa shape index (κ1) is 18.8. The molecule has 32 heavy (non-hydrogen) atoms. The fraction of sp³-hybridized carbons (Fsp3) is 0. The Morgan fingerprint density at radius 3 is 2.41 bits per heavy atom. The Bertz CT molecular complexity index is 1630. The van der Waals surface area contributed by atoms with E-state index < -0.39 is 0 Å². The third-order valence-corrected chi connectivity index (χ3v) is 5.88. The average molecular weight is 483 g/mol. The summed E-state index contributed by atoms with van der Waals surface area (Å²) < 4.78 is 15.0. The molecule has 5 nitrogen and oxygen atoms in total. The van der Waals surface area contributed by atoms with Crippen LogP contribution in [0.3, 0.4) is 0 Å². The molecule has 6 rings (SSSR count). The van der Waals surface area contributed by atoms with Crippen LogP contribution in [0.4, 0.5) is 0 Å². The number of benzene rings is 3. The van der Waals surface area contributed by atoms with Crippen LogP contribution in [0.2, 0.25) is 0 Å². The molecule has 3 aromatic carbocycles. The molecule has 0 saturated heterocycles. The first-order valence-electron chi connectivity index (χ1n) is 10.0. The van der Waals surface area contributed by atoms with Crippen LogP contribution in [-0.2, 0) is 0 Å². The number of fused-ring (bicyclic) bond motifs is 2. The van der Waals surface area contributed by atoms with Gasteiger partial charge in [-0.1, -0.05) is 52.3 Å². The molecule has 0 aliphatic heterocycles. The third-order valence-electron chi connectivity index (χ3n) is 5.38. The zero-order valence-electron chi connectivity index (χ0n) is 16.7. The van der Waals surface area contributed by atoms with Crippen LogP contribution in [0.5, 0.6) is 0 Å². The van der Waals surface area contributed by atoms with E-state index in [9.17, 15) is 4.79 Å². The number of furan rings is 1. The van der Waals surface area contributed by atoms with Gasteiger partial charge in [0.1, 0.15) is 22.6 Å². The van der Waals surface area contributed by atoms with Crippen molar-refractivity contribution in [2.45, 2.75) is 0 Å². The van der Waals surface area contributed by atoms with Crippen LogP contribution >= 0.6 is 15.9 Å². The molecule has 6 heteroatoms. The van der Waals surface area contributed by atoms with E-state index in [2.05, 4.69) is 21.0 Å². The van der Waals surface area contributed by atoms with Crippen LogP contribution in [0, 0.1) is 0 Å². The van der Waals surface area contributed by atoms with Gasteiger partial charge in [0.2, 0.25) is 0 Å². The van der Waals surface area contributed by atoms with E-state index in [1.54, 1.807) is 23.0 Å². The summed E-state index contributed by atoms with van der Waals surface area (Å²) in [7, 11) is 0. The van der Waals surface area contributed by atoms with Gasteiger partial charge in [0.15, 0.2) is 11.2 Å². The molecule has 0 atom stereocenters. The number of hydrogen-bond donors (Lipinski definition) is 0. The van der Waals surface area contributed by atoms with Crippen molar-refractivity contribution in [3.05, 3.63) is 106 Å². The van der Waals surface area contributed by atoms with Crippen LogP contribution < -0.4 is 5.43 Å². The fourth-order valence-electron chi connectivity index (χ4n) is 3.89. The molecule has 154 valence electrons. The van der Waals surface area contributed by atoms with Crippen molar-refractivity contribution >= 4 is 37.9 Å². The standard InChI is InChI=1S/C26H15BrN2O3/c27-17-10-11-23-19(13-17)21(30)14-24(32-23)20-15-28-29(18-7-2-1-3-8-18)26(20)25-12-16-6-4-5-9-22(16)31-25/h1-15H. The Hall–Kier alpha value is -3.90. The number of halogens is 1. The minimum absolute atomic E-state index is 0.120. The number of nitrogens with zero attached hydrogens (tertiary/aromatic N) is 2. The van der Waals surface area contributed by atoms with Gasteiger partial charge in [-0.2, -0.15) is 5.10 Å². The van der Waals surface area contributed by atoms with E-state index in [0.29, 0.717) is 33.7 Å². The predicted molar refractivity (Wildman–Crippen MR) is 128 cm³/mol. The molecule has 0 spiro atoms.